The number of oxime groups is 1. The second-order valence-corrected chi connectivity index (χ2v) is 10.8. The molecule has 0 radical (unpaired) electrons. The maximum absolute atomic E-state index is 12.4. The van der Waals surface area contributed by atoms with Crippen LogP contribution in [0.25, 0.3) is 0 Å². The lowest BCUT2D eigenvalue weighted by molar-refractivity contribution is -0.153. The molecule has 0 aromatic heterocycles. The molecule has 0 aliphatic heterocycles. The van der Waals surface area contributed by atoms with Gasteiger partial charge in [-0.15, -0.1) is 0 Å². The van der Waals surface area contributed by atoms with Crippen LogP contribution in [0, 0.1) is 28.6 Å². The molecule has 5 rings (SSSR count). The number of para-hydroxylation sites is 1. The molecule has 4 aliphatic rings. The summed E-state index contributed by atoms with van der Waals surface area (Å²) in [5, 5.41) is 13.2. The van der Waals surface area contributed by atoms with Gasteiger partial charge < -0.3 is 14.7 Å². The predicted molar refractivity (Wildman–Crippen MR) is 123 cm³/mol. The van der Waals surface area contributed by atoms with Crippen molar-refractivity contribution in [1.29, 1.82) is 0 Å². The van der Waals surface area contributed by atoms with Gasteiger partial charge in [-0.2, -0.15) is 0 Å². The Balaban J connectivity index is 1.23. The molecule has 0 heterocycles. The molecule has 1 aromatic rings. The van der Waals surface area contributed by atoms with E-state index >= 15 is 0 Å². The maximum atomic E-state index is 12.4. The summed E-state index contributed by atoms with van der Waals surface area (Å²) in [6.45, 7) is 4.73. The molecular formula is C27H35NO4. The molecular weight excluding hydrogens is 402 g/mol. The number of carbonyl (C=O) groups excluding carboxylic acids is 1. The van der Waals surface area contributed by atoms with Crippen molar-refractivity contribution in [3.8, 4) is 5.75 Å². The highest BCUT2D eigenvalue weighted by Gasteiger charge is 2.58. The summed E-state index contributed by atoms with van der Waals surface area (Å²) in [7, 11) is 0. The lowest BCUT2D eigenvalue weighted by Gasteiger charge is -2.57. The molecule has 6 atom stereocenters. The SMILES string of the molecule is C[C@]12CC[C@H](OC(=O)COc3ccccc3)CC1=CC[C@@H]1[C@@H]2CC[C@]2(C)/C(=N\O)CC[C@@H]12. The first kappa shape index (κ1) is 21.5. The lowest BCUT2D eigenvalue weighted by Crippen LogP contribution is -2.50. The highest BCUT2D eigenvalue weighted by Crippen LogP contribution is 2.64. The molecule has 5 heteroatoms. The fourth-order valence-corrected chi connectivity index (χ4v) is 7.56. The fraction of sp³-hybridized carbons (Fsp3) is 0.630. The van der Waals surface area contributed by atoms with E-state index in [1.807, 2.05) is 30.3 Å². The molecule has 1 N–H and O–H groups in total. The van der Waals surface area contributed by atoms with Crippen LogP contribution in [0.3, 0.4) is 0 Å². The minimum absolute atomic E-state index is 0.0451. The van der Waals surface area contributed by atoms with E-state index in [9.17, 15) is 10.0 Å². The molecule has 4 aliphatic carbocycles. The van der Waals surface area contributed by atoms with Crippen LogP contribution in [-0.4, -0.2) is 29.6 Å². The first-order valence-electron chi connectivity index (χ1n) is 12.2. The number of ether oxygens (including phenoxy) is 2. The van der Waals surface area contributed by atoms with Gasteiger partial charge in [0.25, 0.3) is 0 Å². The van der Waals surface area contributed by atoms with Crippen LogP contribution in [0.15, 0.2) is 47.1 Å². The number of carbonyl (C=O) groups is 1. The Labute approximate surface area is 190 Å². The Morgan fingerprint density at radius 3 is 2.62 bits per heavy atom. The normalized spacial score (nSPS) is 39.4. The van der Waals surface area contributed by atoms with Crippen molar-refractivity contribution < 1.29 is 19.5 Å². The molecule has 5 nitrogen and oxygen atoms in total. The zero-order valence-corrected chi connectivity index (χ0v) is 19.3. The molecule has 0 amide bonds. The average Bonchev–Trinajstić information content (AvgIpc) is 3.15. The zero-order chi connectivity index (χ0) is 22.3. The van der Waals surface area contributed by atoms with Crippen LogP contribution < -0.4 is 4.74 Å². The highest BCUT2D eigenvalue weighted by molar-refractivity contribution is 5.92. The van der Waals surface area contributed by atoms with E-state index in [2.05, 4.69) is 25.1 Å². The summed E-state index contributed by atoms with van der Waals surface area (Å²) >= 11 is 0. The third-order valence-electron chi connectivity index (χ3n) is 9.32. The van der Waals surface area contributed by atoms with Gasteiger partial charge >= 0.3 is 5.97 Å². The van der Waals surface area contributed by atoms with Gasteiger partial charge in [-0.1, -0.05) is 48.9 Å². The second-order valence-electron chi connectivity index (χ2n) is 10.8. The van der Waals surface area contributed by atoms with Crippen LogP contribution in [0.1, 0.15) is 65.2 Å². The molecule has 0 bridgehead atoms. The van der Waals surface area contributed by atoms with Crippen LogP contribution in [0.5, 0.6) is 5.75 Å². The topological polar surface area (TPSA) is 68.1 Å². The van der Waals surface area contributed by atoms with Gasteiger partial charge in [-0.05, 0) is 80.2 Å². The van der Waals surface area contributed by atoms with Crippen molar-refractivity contribution in [2.75, 3.05) is 6.61 Å². The molecule has 3 fully saturated rings. The largest absolute Gasteiger partial charge is 0.482 e. The second kappa shape index (κ2) is 8.24. The number of nitrogens with zero attached hydrogens (tertiary/aromatic N) is 1. The quantitative estimate of drug-likeness (QED) is 0.281. The van der Waals surface area contributed by atoms with E-state index in [0.717, 1.165) is 50.7 Å². The summed E-state index contributed by atoms with van der Waals surface area (Å²) in [4.78, 5) is 12.4. The molecule has 172 valence electrons. The van der Waals surface area contributed by atoms with Gasteiger partial charge in [0.2, 0.25) is 0 Å². The summed E-state index contributed by atoms with van der Waals surface area (Å²) in [6.07, 6.45) is 10.8. The van der Waals surface area contributed by atoms with Gasteiger partial charge in [0.05, 0.1) is 5.71 Å². The van der Waals surface area contributed by atoms with Crippen molar-refractivity contribution in [3.63, 3.8) is 0 Å². The first-order chi connectivity index (χ1) is 15.4. The zero-order valence-electron chi connectivity index (χ0n) is 19.3. The van der Waals surface area contributed by atoms with Crippen molar-refractivity contribution in [1.82, 2.24) is 0 Å². The number of allylic oxidation sites excluding steroid dienone is 1. The number of esters is 1. The van der Waals surface area contributed by atoms with Gasteiger partial charge in [0.1, 0.15) is 11.9 Å². The summed E-state index contributed by atoms with van der Waals surface area (Å²) in [5.74, 6) is 2.36. The fourth-order valence-electron chi connectivity index (χ4n) is 7.56. The van der Waals surface area contributed by atoms with Crippen molar-refractivity contribution in [2.24, 2.45) is 33.7 Å². The summed E-state index contributed by atoms with van der Waals surface area (Å²) in [5.41, 5.74) is 2.79. The van der Waals surface area contributed by atoms with Gasteiger partial charge in [0.15, 0.2) is 6.61 Å². The smallest absolute Gasteiger partial charge is 0.344 e. The van der Waals surface area contributed by atoms with Gasteiger partial charge in [-0.3, -0.25) is 0 Å². The van der Waals surface area contributed by atoms with E-state index < -0.39 is 0 Å². The van der Waals surface area contributed by atoms with E-state index in [-0.39, 0.29) is 29.5 Å². The van der Waals surface area contributed by atoms with Crippen molar-refractivity contribution in [3.05, 3.63) is 42.0 Å². The molecule has 1 aromatic carbocycles. The maximum Gasteiger partial charge on any atom is 0.344 e. The number of fused-ring (bicyclic) bond motifs is 5. The summed E-state index contributed by atoms with van der Waals surface area (Å²) in [6, 6.07) is 9.39. The average molecular weight is 438 g/mol. The Bertz CT molecular complexity index is 925. The van der Waals surface area contributed by atoms with Crippen LogP contribution in [0.2, 0.25) is 0 Å². The Kier molecular flexibility index (Phi) is 5.55. The van der Waals surface area contributed by atoms with Gasteiger partial charge in [-0.25, -0.2) is 4.79 Å². The molecule has 0 spiro atoms. The van der Waals surface area contributed by atoms with E-state index in [1.165, 1.54) is 12.0 Å². The van der Waals surface area contributed by atoms with Crippen LogP contribution in [0.4, 0.5) is 0 Å². The Morgan fingerprint density at radius 1 is 1.09 bits per heavy atom. The van der Waals surface area contributed by atoms with Crippen LogP contribution >= 0.6 is 0 Å². The van der Waals surface area contributed by atoms with Gasteiger partial charge in [0, 0.05) is 11.8 Å². The number of hydrogen-bond donors (Lipinski definition) is 1. The van der Waals surface area contributed by atoms with Crippen molar-refractivity contribution >= 4 is 11.7 Å². The van der Waals surface area contributed by atoms with Crippen molar-refractivity contribution in [2.45, 2.75) is 71.3 Å². The first-order valence-corrected chi connectivity index (χ1v) is 12.2. The monoisotopic (exact) mass is 437 g/mol. The van der Waals surface area contributed by atoms with E-state index in [0.29, 0.717) is 23.5 Å². The number of hydrogen-bond acceptors (Lipinski definition) is 5. The molecule has 0 saturated heterocycles. The summed E-state index contributed by atoms with van der Waals surface area (Å²) < 4.78 is 11.4. The van der Waals surface area contributed by atoms with E-state index in [4.69, 9.17) is 9.47 Å². The Hall–Kier alpha value is -2.30. The number of rotatable bonds is 4. The third-order valence-corrected chi connectivity index (χ3v) is 9.32. The lowest BCUT2D eigenvalue weighted by atomic mass is 9.48. The van der Waals surface area contributed by atoms with E-state index in [1.54, 1.807) is 0 Å². The third kappa shape index (κ3) is 3.54. The minimum atomic E-state index is -0.285. The standard InChI is InChI=1S/C27H35NO4/c1-26-14-12-20(32-25(29)17-31-19-6-4-3-5-7-19)16-18(26)8-9-21-22-10-11-24(28-30)27(22,2)15-13-23(21)26/h3-8,20-23,30H,9-17H2,1-2H3/b28-24-/t20-,21-,22-,23-,26-,27-/m0/s1. The Morgan fingerprint density at radius 2 is 1.84 bits per heavy atom. The minimum Gasteiger partial charge on any atom is -0.482 e. The molecule has 3 saturated carbocycles. The predicted octanol–water partition coefficient (Wildman–Crippen LogP) is 5.77. The molecule has 0 unspecified atom stereocenters. The highest BCUT2D eigenvalue weighted by atomic mass is 16.6. The van der Waals surface area contributed by atoms with Crippen LogP contribution in [-0.2, 0) is 9.53 Å². The number of benzene rings is 1. The molecule has 32 heavy (non-hydrogen) atoms.